The number of likely N-dealkylation sites (tertiary alicyclic amines) is 1. The van der Waals surface area contributed by atoms with Gasteiger partial charge in [-0.1, -0.05) is 13.8 Å². The monoisotopic (exact) mass is 392 g/mol. The Morgan fingerprint density at radius 1 is 0.893 bits per heavy atom. The first-order valence-corrected chi connectivity index (χ1v) is 10.9. The maximum absolute atomic E-state index is 13.0. The lowest BCUT2D eigenvalue weighted by atomic mass is 9.86. The van der Waals surface area contributed by atoms with Crippen LogP contribution in [-0.4, -0.2) is 77.9 Å². The van der Waals surface area contributed by atoms with E-state index in [0.29, 0.717) is 13.1 Å². The fraction of sp³-hybridized carbons (Fsp3) is 0.857. The molecule has 0 aliphatic carbocycles. The van der Waals surface area contributed by atoms with Gasteiger partial charge in [0.1, 0.15) is 0 Å². The zero-order valence-corrected chi connectivity index (χ0v) is 17.8. The molecular formula is C21H36N4O3. The van der Waals surface area contributed by atoms with Gasteiger partial charge in [-0.3, -0.25) is 9.59 Å². The minimum atomic E-state index is -0.0201. The number of nitrogens with zero attached hydrogens (tertiary/aromatic N) is 3. The smallest absolute Gasteiger partial charge is 0.320 e. The van der Waals surface area contributed by atoms with E-state index < -0.39 is 0 Å². The standard InChI is InChI=1S/C21H36N4O3/c1-14(2)25-11-10-24(21(25)28)13-16(4)18-7-9-23(20(18)27)12-15(3)17-6-5-8-22-19(17)26/h14-18H,5-13H2,1-4H3,(H,22,26). The number of hydrogen-bond acceptors (Lipinski definition) is 3. The number of rotatable bonds is 7. The Bertz CT molecular complexity index is 608. The molecular weight excluding hydrogens is 356 g/mol. The third-order valence-corrected chi connectivity index (χ3v) is 6.81. The Labute approximate surface area is 168 Å². The van der Waals surface area contributed by atoms with E-state index in [1.54, 1.807) is 0 Å². The van der Waals surface area contributed by atoms with Crippen molar-refractivity contribution in [1.82, 2.24) is 20.0 Å². The SMILES string of the molecule is CC(CN1CCC(C(C)CN2CCN(C(C)C)C2=O)C1=O)C1CCCNC1=O. The highest BCUT2D eigenvalue weighted by Gasteiger charge is 2.40. The van der Waals surface area contributed by atoms with E-state index in [9.17, 15) is 14.4 Å². The van der Waals surface area contributed by atoms with Gasteiger partial charge in [0.05, 0.1) is 0 Å². The van der Waals surface area contributed by atoms with Crippen LogP contribution in [0.4, 0.5) is 4.79 Å². The van der Waals surface area contributed by atoms with E-state index in [2.05, 4.69) is 19.2 Å². The molecule has 0 radical (unpaired) electrons. The normalized spacial score (nSPS) is 28.3. The van der Waals surface area contributed by atoms with Crippen molar-refractivity contribution in [1.29, 1.82) is 0 Å². The van der Waals surface area contributed by atoms with Crippen molar-refractivity contribution in [3.05, 3.63) is 0 Å². The number of amides is 4. The Kier molecular flexibility index (Phi) is 6.50. The molecule has 3 heterocycles. The average Bonchev–Trinajstić information content (AvgIpc) is 3.19. The van der Waals surface area contributed by atoms with Gasteiger partial charge in [0.15, 0.2) is 0 Å². The van der Waals surface area contributed by atoms with Gasteiger partial charge in [0, 0.05) is 57.1 Å². The summed E-state index contributed by atoms with van der Waals surface area (Å²) in [5.41, 5.74) is 0. The van der Waals surface area contributed by atoms with Gasteiger partial charge in [0.25, 0.3) is 0 Å². The van der Waals surface area contributed by atoms with E-state index in [-0.39, 0.29) is 47.6 Å². The van der Waals surface area contributed by atoms with Gasteiger partial charge in [-0.25, -0.2) is 4.79 Å². The predicted molar refractivity (Wildman–Crippen MR) is 108 cm³/mol. The van der Waals surface area contributed by atoms with Crippen LogP contribution in [0, 0.1) is 23.7 Å². The lowest BCUT2D eigenvalue weighted by molar-refractivity contribution is -0.135. The molecule has 0 saturated carbocycles. The number of carbonyl (C=O) groups excluding carboxylic acids is 3. The Morgan fingerprint density at radius 2 is 1.57 bits per heavy atom. The summed E-state index contributed by atoms with van der Waals surface area (Å²) in [6.45, 7) is 12.6. The zero-order valence-electron chi connectivity index (χ0n) is 17.8. The third kappa shape index (κ3) is 4.28. The molecule has 0 aromatic rings. The van der Waals surface area contributed by atoms with Crippen LogP contribution in [-0.2, 0) is 9.59 Å². The molecule has 4 amide bonds. The molecule has 158 valence electrons. The summed E-state index contributed by atoms with van der Waals surface area (Å²) in [6, 6.07) is 0.316. The minimum absolute atomic E-state index is 0.0160. The van der Waals surface area contributed by atoms with Crippen molar-refractivity contribution in [2.75, 3.05) is 39.3 Å². The lowest BCUT2D eigenvalue weighted by Crippen LogP contribution is -2.44. The lowest BCUT2D eigenvalue weighted by Gasteiger charge is -2.30. The maximum Gasteiger partial charge on any atom is 0.320 e. The first-order valence-electron chi connectivity index (χ1n) is 10.9. The quantitative estimate of drug-likeness (QED) is 0.718. The van der Waals surface area contributed by atoms with Crippen molar-refractivity contribution in [3.63, 3.8) is 0 Å². The number of urea groups is 1. The molecule has 7 heteroatoms. The summed E-state index contributed by atoms with van der Waals surface area (Å²) >= 11 is 0. The van der Waals surface area contributed by atoms with Crippen LogP contribution in [0.1, 0.15) is 47.0 Å². The molecule has 3 fully saturated rings. The maximum atomic E-state index is 13.0. The van der Waals surface area contributed by atoms with Crippen LogP contribution < -0.4 is 5.32 Å². The van der Waals surface area contributed by atoms with Crippen LogP contribution in [0.2, 0.25) is 0 Å². The molecule has 7 nitrogen and oxygen atoms in total. The molecule has 3 saturated heterocycles. The topological polar surface area (TPSA) is 73.0 Å². The molecule has 3 aliphatic heterocycles. The van der Waals surface area contributed by atoms with E-state index in [0.717, 1.165) is 45.4 Å². The second-order valence-corrected chi connectivity index (χ2v) is 9.19. The summed E-state index contributed by atoms with van der Waals surface area (Å²) in [6.07, 6.45) is 2.78. The summed E-state index contributed by atoms with van der Waals surface area (Å²) in [7, 11) is 0. The second kappa shape index (κ2) is 8.70. The van der Waals surface area contributed by atoms with E-state index in [4.69, 9.17) is 0 Å². The molecule has 4 unspecified atom stereocenters. The second-order valence-electron chi connectivity index (χ2n) is 9.19. The zero-order chi connectivity index (χ0) is 20.4. The molecule has 28 heavy (non-hydrogen) atoms. The van der Waals surface area contributed by atoms with Gasteiger partial charge < -0.3 is 20.0 Å². The van der Waals surface area contributed by atoms with Crippen LogP contribution in [0.5, 0.6) is 0 Å². The minimum Gasteiger partial charge on any atom is -0.356 e. The molecule has 0 aromatic carbocycles. The molecule has 1 N–H and O–H groups in total. The van der Waals surface area contributed by atoms with E-state index in [1.165, 1.54) is 0 Å². The van der Waals surface area contributed by atoms with Crippen molar-refractivity contribution in [2.24, 2.45) is 23.7 Å². The summed E-state index contributed by atoms with van der Waals surface area (Å²) < 4.78 is 0. The van der Waals surface area contributed by atoms with Crippen LogP contribution in [0.25, 0.3) is 0 Å². The Balaban J connectivity index is 1.52. The number of carbonyl (C=O) groups is 3. The molecule has 0 aromatic heterocycles. The van der Waals surface area contributed by atoms with Crippen molar-refractivity contribution in [2.45, 2.75) is 53.0 Å². The Morgan fingerprint density at radius 3 is 2.21 bits per heavy atom. The van der Waals surface area contributed by atoms with Gasteiger partial charge in [-0.05, 0) is 44.9 Å². The molecule has 3 aliphatic rings. The predicted octanol–water partition coefficient (Wildman–Crippen LogP) is 1.78. The van der Waals surface area contributed by atoms with Gasteiger partial charge in [0.2, 0.25) is 11.8 Å². The summed E-state index contributed by atoms with van der Waals surface area (Å²) in [5.74, 6) is 0.663. The highest BCUT2D eigenvalue weighted by atomic mass is 16.2. The number of nitrogens with one attached hydrogen (secondary N) is 1. The highest BCUT2D eigenvalue weighted by Crippen LogP contribution is 2.30. The fourth-order valence-corrected chi connectivity index (χ4v) is 5.01. The van der Waals surface area contributed by atoms with Gasteiger partial charge in [-0.15, -0.1) is 0 Å². The molecule has 0 bridgehead atoms. The van der Waals surface area contributed by atoms with Crippen molar-refractivity contribution < 1.29 is 14.4 Å². The van der Waals surface area contributed by atoms with Crippen molar-refractivity contribution >= 4 is 17.8 Å². The Hall–Kier alpha value is -1.79. The first-order chi connectivity index (χ1) is 13.3. The molecule has 0 spiro atoms. The van der Waals surface area contributed by atoms with Crippen LogP contribution in [0.3, 0.4) is 0 Å². The first kappa shape index (κ1) is 20.9. The van der Waals surface area contributed by atoms with Crippen molar-refractivity contribution in [3.8, 4) is 0 Å². The van der Waals surface area contributed by atoms with Gasteiger partial charge >= 0.3 is 6.03 Å². The molecule has 3 rings (SSSR count). The van der Waals surface area contributed by atoms with E-state index in [1.807, 2.05) is 28.5 Å². The third-order valence-electron chi connectivity index (χ3n) is 6.81. The average molecular weight is 393 g/mol. The number of piperidine rings is 1. The van der Waals surface area contributed by atoms with Gasteiger partial charge in [-0.2, -0.15) is 0 Å². The number of hydrogen-bond donors (Lipinski definition) is 1. The molecule has 4 atom stereocenters. The van der Waals surface area contributed by atoms with E-state index >= 15 is 0 Å². The summed E-state index contributed by atoms with van der Waals surface area (Å²) in [5, 5.41) is 2.95. The highest BCUT2D eigenvalue weighted by molar-refractivity contribution is 5.82. The van der Waals surface area contributed by atoms with Crippen LogP contribution >= 0.6 is 0 Å². The fourth-order valence-electron chi connectivity index (χ4n) is 5.01. The van der Waals surface area contributed by atoms with Crippen LogP contribution in [0.15, 0.2) is 0 Å². The largest absolute Gasteiger partial charge is 0.356 e. The summed E-state index contributed by atoms with van der Waals surface area (Å²) in [4.78, 5) is 43.3.